The first-order valence-corrected chi connectivity index (χ1v) is 13.5. The van der Waals surface area contributed by atoms with Crippen molar-refractivity contribution in [3.05, 3.63) is 0 Å². The first-order chi connectivity index (χ1) is 21.1. The molecule has 0 aliphatic heterocycles. The molecule has 50 heavy (non-hydrogen) atoms. The molecule has 0 aliphatic rings. The summed E-state index contributed by atoms with van der Waals surface area (Å²) in [6.07, 6.45) is 1.92. The molecule has 0 rings (SSSR count). The summed E-state index contributed by atoms with van der Waals surface area (Å²) in [5, 5.41) is 8.00. The van der Waals surface area contributed by atoms with Crippen molar-refractivity contribution in [2.75, 3.05) is 123 Å². The van der Waals surface area contributed by atoms with Crippen molar-refractivity contribution in [3.63, 3.8) is 0 Å². The highest BCUT2D eigenvalue weighted by molar-refractivity contribution is 6.86. The quantitative estimate of drug-likeness (QED) is 0.0862. The maximum absolute atomic E-state index is 8.00. The lowest BCUT2D eigenvalue weighted by molar-refractivity contribution is 0.0564. The first-order valence-electron chi connectivity index (χ1n) is 13.5. The van der Waals surface area contributed by atoms with Gasteiger partial charge in [0.05, 0.1) is 66.4 Å². The van der Waals surface area contributed by atoms with Crippen LogP contribution in [0.3, 0.4) is 0 Å². The topological polar surface area (TPSA) is 104 Å². The highest BCUT2D eigenvalue weighted by Crippen LogP contribution is 1.82. The molecule has 1 N–H and O–H groups in total. The second-order valence-corrected chi connectivity index (χ2v) is 8.28. The Morgan fingerprint density at radius 1 is 0.440 bits per heavy atom. The first kappa shape index (κ1) is 83.3. The van der Waals surface area contributed by atoms with E-state index in [1.54, 1.807) is 7.11 Å². The van der Waals surface area contributed by atoms with Crippen LogP contribution in [0, 0.1) is 0 Å². The van der Waals surface area contributed by atoms with E-state index in [0.717, 1.165) is 47.3 Å². The predicted octanol–water partition coefficient (Wildman–Crippen LogP) is -0.284. The Morgan fingerprint density at radius 2 is 0.820 bits per heavy atom. The smallest absolute Gasteiger partial charge is 0.233 e. The van der Waals surface area contributed by atoms with E-state index in [1.807, 2.05) is 52.1 Å². The maximum Gasteiger partial charge on any atom is 0.233 e. The summed E-state index contributed by atoms with van der Waals surface area (Å²) >= 11 is 0. The molecule has 0 saturated carbocycles. The van der Waals surface area contributed by atoms with Crippen LogP contribution in [0.1, 0.15) is 57.4 Å². The second kappa shape index (κ2) is 92.3. The minimum Gasteiger partial charge on any atom is -0.452 e. The van der Waals surface area contributed by atoms with Crippen molar-refractivity contribution in [3.8, 4) is 0 Å². The number of nitrogens with zero attached hydrogens (tertiary/aromatic N) is 3. The van der Waals surface area contributed by atoms with Crippen LogP contribution in [-0.2, 0) is 37.4 Å². The van der Waals surface area contributed by atoms with Crippen LogP contribution in [0.2, 0.25) is 0 Å². The summed E-state index contributed by atoms with van der Waals surface area (Å²) in [6.45, 7) is 5.81. The molecule has 12 nitrogen and oxygen atoms in total. The van der Waals surface area contributed by atoms with Crippen molar-refractivity contribution in [2.24, 2.45) is 0 Å². The molecule has 0 fully saturated rings. The van der Waals surface area contributed by atoms with Crippen molar-refractivity contribution in [2.45, 2.75) is 57.4 Å². The number of methoxy groups -OCH3 is 2. The average molecular weight is 702 g/mol. The number of aliphatic hydroxyl groups is 1. The average Bonchev–Trinajstić information content (AvgIpc) is 3.00. The zero-order valence-electron chi connectivity index (χ0n) is 28.5. The highest BCUT2D eigenvalue weighted by atomic mass is 16.6. The van der Waals surface area contributed by atoms with E-state index in [2.05, 4.69) is 23.6 Å². The maximum atomic E-state index is 8.00. The van der Waals surface area contributed by atoms with Gasteiger partial charge in [-0.1, -0.05) is 44.6 Å². The number of hydrogen-bond acceptors (Lipinski definition) is 12. The van der Waals surface area contributed by atoms with Crippen LogP contribution < -0.4 is 0 Å². The number of hydrogen-bond donors (Lipinski definition) is 1. The van der Waals surface area contributed by atoms with Gasteiger partial charge in [-0.05, 0) is 61.7 Å². The van der Waals surface area contributed by atoms with E-state index in [1.165, 1.54) is 36.6 Å². The van der Waals surface area contributed by atoms with Crippen LogP contribution >= 0.6 is 0 Å². The fourth-order valence-corrected chi connectivity index (χ4v) is 1.61. The SMILES string of the molecule is C.C.C.C.C.C.[B][B]OCCCN(C)C.[B][B]OCCCOC.[B][B]OCCN(C)C.[B][B]OCCO.[B][B]OCN(C)C.[B][B]OCOC. The Bertz CT molecular complexity index is 415. The van der Waals surface area contributed by atoms with Crippen molar-refractivity contribution in [1.82, 2.24) is 14.7 Å². The lowest BCUT2D eigenvalue weighted by Gasteiger charge is -2.08. The standard InChI is InChI=1S/C5H12B2NO.C4H10B2NO.C4H9B2O2.C3H8B2NO.2C2H5B2O2.6CH4/c1-8(2)4-3-5-9-7-6;1-7(2)3-4-8-6-5;1-7-3-2-4-8-6-5;1-6(2)3-7-5-4;1-5-2-6-4-3;3-4-6-2-1-5;;;;;;/h3-5H2,1-2H3;3-4H2,1-2H3;2-4H2,1H3;3H2,1-2H3;2H2,1H3;5H,1-2H2;6*1H4. The highest BCUT2D eigenvalue weighted by Gasteiger charge is 1.89. The monoisotopic (exact) mass is 704 g/mol. The van der Waals surface area contributed by atoms with Gasteiger partial charge in [-0.15, -0.1) is 0 Å². The van der Waals surface area contributed by atoms with Crippen LogP contribution in [0.25, 0.3) is 0 Å². The largest absolute Gasteiger partial charge is 0.452 e. The third kappa shape index (κ3) is 156. The summed E-state index contributed by atoms with van der Waals surface area (Å²) < 4.78 is 36.9. The van der Waals surface area contributed by atoms with E-state index in [9.17, 15) is 0 Å². The van der Waals surface area contributed by atoms with Crippen LogP contribution in [0.5, 0.6) is 0 Å². The van der Waals surface area contributed by atoms with E-state index in [4.69, 9.17) is 70.2 Å². The molecular weight excluding hydrogens is 628 g/mol. The summed E-state index contributed by atoms with van der Waals surface area (Å²) in [5.74, 6) is 0. The second-order valence-electron chi connectivity index (χ2n) is 8.28. The van der Waals surface area contributed by atoms with Gasteiger partial charge in [-0.3, -0.25) is 4.90 Å². The molecule has 0 atom stereocenters. The molecule has 24 heteroatoms. The van der Waals surface area contributed by atoms with Gasteiger partial charge < -0.3 is 52.3 Å². The van der Waals surface area contributed by atoms with Crippen LogP contribution in [0.4, 0.5) is 0 Å². The number of likely N-dealkylation sites (N-methyl/N-ethyl adjacent to an activating group) is 1. The van der Waals surface area contributed by atoms with Gasteiger partial charge in [0.15, 0.2) is 0 Å². The zero-order chi connectivity index (χ0) is 35.1. The normalized spacial score (nSPS) is 8.16. The molecule has 18 radical (unpaired) electrons. The van der Waals surface area contributed by atoms with Gasteiger partial charge in [0.2, 0.25) is 44.2 Å². The molecule has 0 aliphatic carbocycles. The number of rotatable bonds is 23. The Labute approximate surface area is 327 Å². The summed E-state index contributed by atoms with van der Waals surface area (Å²) in [6, 6.07) is 0. The zero-order valence-corrected chi connectivity index (χ0v) is 28.5. The van der Waals surface area contributed by atoms with Crippen molar-refractivity contribution >= 4 is 90.7 Å². The summed E-state index contributed by atoms with van der Waals surface area (Å²) in [7, 11) is 51.3. The fourth-order valence-electron chi connectivity index (χ4n) is 1.61. The summed E-state index contributed by atoms with van der Waals surface area (Å²) in [4.78, 5) is 6.02. The third-order valence-corrected chi connectivity index (χ3v) is 3.44. The minimum absolute atomic E-state index is 0. The number of aliphatic hydroxyl groups excluding tert-OH is 1. The summed E-state index contributed by atoms with van der Waals surface area (Å²) in [5.41, 5.74) is 0. The molecule has 282 valence electrons. The fraction of sp³-hybridized carbons (Fsp3) is 1.00. The van der Waals surface area contributed by atoms with Gasteiger partial charge >= 0.3 is 0 Å². The van der Waals surface area contributed by atoms with Gasteiger partial charge in [-0.25, -0.2) is 0 Å². The number of ether oxygens (including phenoxy) is 2. The Hall–Kier alpha value is 0.299. The predicted molar refractivity (Wildman–Crippen MR) is 231 cm³/mol. The molecule has 0 heterocycles. The Kier molecular flexibility index (Phi) is 154. The van der Waals surface area contributed by atoms with E-state index in [0.29, 0.717) is 26.6 Å². The molecule has 0 amide bonds. The molecular formula is C26H73B12N3O9. The van der Waals surface area contributed by atoms with E-state index < -0.39 is 0 Å². The van der Waals surface area contributed by atoms with Crippen molar-refractivity contribution in [1.29, 1.82) is 0 Å². The molecule has 0 aromatic carbocycles. The molecule has 0 aromatic rings. The van der Waals surface area contributed by atoms with Gasteiger partial charge in [0.25, 0.3) is 0 Å². The van der Waals surface area contributed by atoms with Crippen LogP contribution in [0.15, 0.2) is 0 Å². The molecule has 0 aromatic heterocycles. The van der Waals surface area contributed by atoms with Crippen LogP contribution in [-0.4, -0.2) is 233 Å². The van der Waals surface area contributed by atoms with Gasteiger partial charge in [0.1, 0.15) is 6.79 Å². The Morgan fingerprint density at radius 3 is 1.08 bits per heavy atom. The molecule has 0 bridgehead atoms. The Balaban J connectivity index is -0.0000000340. The van der Waals surface area contributed by atoms with Gasteiger partial charge in [0, 0.05) is 47.2 Å². The van der Waals surface area contributed by atoms with Crippen molar-refractivity contribution < 1.29 is 42.5 Å². The third-order valence-electron chi connectivity index (χ3n) is 3.44. The van der Waals surface area contributed by atoms with E-state index in [-0.39, 0.29) is 64.6 Å². The lowest BCUT2D eigenvalue weighted by atomic mass is 9.72. The van der Waals surface area contributed by atoms with Gasteiger partial charge in [-0.2, -0.15) is 0 Å². The minimum atomic E-state index is 0. The van der Waals surface area contributed by atoms with E-state index >= 15 is 0 Å². The molecule has 0 saturated heterocycles. The molecule has 0 unspecified atom stereocenters. The molecule has 0 spiro atoms. The lowest BCUT2D eigenvalue weighted by Crippen LogP contribution is -2.18.